The number of fused-ring (bicyclic) bond motifs is 1. The third-order valence-electron chi connectivity index (χ3n) is 9.32. The Morgan fingerprint density at radius 1 is 1.06 bits per heavy atom. The lowest BCUT2D eigenvalue weighted by atomic mass is 9.52. The number of nitrogens with one attached hydrogen (secondary N) is 1. The number of anilines is 1. The number of hydrogen-bond donors (Lipinski definition) is 1. The lowest BCUT2D eigenvalue weighted by Crippen LogP contribution is -2.47. The number of benzene rings is 1. The van der Waals surface area contributed by atoms with Gasteiger partial charge in [-0.15, -0.1) is 0 Å². The number of aromatic nitrogens is 2. The van der Waals surface area contributed by atoms with Crippen molar-refractivity contribution in [3.8, 4) is 0 Å². The van der Waals surface area contributed by atoms with Crippen molar-refractivity contribution in [3.63, 3.8) is 0 Å². The molecule has 4 saturated carbocycles. The van der Waals surface area contributed by atoms with E-state index < -0.39 is 0 Å². The van der Waals surface area contributed by atoms with Gasteiger partial charge in [-0.3, -0.25) is 9.69 Å². The second-order valence-electron chi connectivity index (χ2n) is 11.7. The van der Waals surface area contributed by atoms with Gasteiger partial charge in [-0.25, -0.2) is 9.97 Å². The summed E-state index contributed by atoms with van der Waals surface area (Å²) in [6.07, 6.45) is 10.8. The van der Waals surface area contributed by atoms with Crippen LogP contribution in [0.1, 0.15) is 48.9 Å². The summed E-state index contributed by atoms with van der Waals surface area (Å²) in [6.45, 7) is 3.72. The first-order valence-electron chi connectivity index (χ1n) is 13.7. The Bertz CT molecular complexity index is 1010. The van der Waals surface area contributed by atoms with Crippen molar-refractivity contribution in [2.75, 3.05) is 38.5 Å². The second kappa shape index (κ2) is 9.88. The van der Waals surface area contributed by atoms with Crippen LogP contribution in [0.2, 0.25) is 0 Å². The summed E-state index contributed by atoms with van der Waals surface area (Å²) in [6, 6.07) is 10.5. The Morgan fingerprint density at radius 2 is 1.80 bits per heavy atom. The third kappa shape index (κ3) is 4.95. The van der Waals surface area contributed by atoms with E-state index in [0.717, 1.165) is 73.6 Å². The van der Waals surface area contributed by atoms with E-state index in [0.29, 0.717) is 13.1 Å². The van der Waals surface area contributed by atoms with Gasteiger partial charge in [0.2, 0.25) is 5.91 Å². The zero-order chi connectivity index (χ0) is 23.8. The zero-order valence-corrected chi connectivity index (χ0v) is 21.0. The molecule has 1 aromatic carbocycles. The van der Waals surface area contributed by atoms with Crippen LogP contribution in [0.5, 0.6) is 0 Å². The van der Waals surface area contributed by atoms with E-state index in [9.17, 15) is 4.79 Å². The molecular weight excluding hydrogens is 434 g/mol. The van der Waals surface area contributed by atoms with Crippen LogP contribution in [-0.2, 0) is 24.2 Å². The van der Waals surface area contributed by atoms with Gasteiger partial charge in [0, 0.05) is 25.2 Å². The monoisotopic (exact) mass is 473 g/mol. The molecule has 186 valence electrons. The fourth-order valence-corrected chi connectivity index (χ4v) is 7.68. The van der Waals surface area contributed by atoms with E-state index in [4.69, 9.17) is 0 Å². The van der Waals surface area contributed by atoms with Crippen molar-refractivity contribution in [3.05, 3.63) is 53.5 Å². The van der Waals surface area contributed by atoms with Gasteiger partial charge in [0.05, 0.1) is 18.8 Å². The highest BCUT2D eigenvalue weighted by Gasteiger charge is 2.47. The van der Waals surface area contributed by atoms with Crippen LogP contribution in [0.4, 0.5) is 5.82 Å². The highest BCUT2D eigenvalue weighted by atomic mass is 16.2. The van der Waals surface area contributed by atoms with Gasteiger partial charge in [0.25, 0.3) is 0 Å². The molecule has 4 fully saturated rings. The van der Waals surface area contributed by atoms with Gasteiger partial charge in [0.15, 0.2) is 0 Å². The maximum Gasteiger partial charge on any atom is 0.237 e. The summed E-state index contributed by atoms with van der Waals surface area (Å²) in [7, 11) is 2.03. The maximum absolute atomic E-state index is 13.0. The standard InChI is InChI=1S/C29H39N5O/c1-33(9-7-20-5-3-2-4-6-20)18-28(35)34-10-8-25-27(17-34)31-19-32-29(25)30-16-26-23-12-21-11-22(14-23)15-24(26)13-21/h2-6,19,21-24,26H,7-18H2,1H3,(H,30,31,32). The molecule has 1 amide bonds. The van der Waals surface area contributed by atoms with E-state index in [-0.39, 0.29) is 5.91 Å². The third-order valence-corrected chi connectivity index (χ3v) is 9.32. The van der Waals surface area contributed by atoms with Crippen LogP contribution in [0.15, 0.2) is 36.7 Å². The van der Waals surface area contributed by atoms with Crippen molar-refractivity contribution in [1.82, 2.24) is 19.8 Å². The molecule has 0 saturated heterocycles. The minimum Gasteiger partial charge on any atom is -0.369 e. The first kappa shape index (κ1) is 23.0. The SMILES string of the molecule is CN(CCc1ccccc1)CC(=O)N1CCc2c(ncnc2NCC2C3CC4CC(C3)CC2C4)C1. The van der Waals surface area contributed by atoms with Crippen molar-refractivity contribution in [2.45, 2.75) is 51.5 Å². The smallest absolute Gasteiger partial charge is 0.237 e. The second-order valence-corrected chi connectivity index (χ2v) is 11.7. The molecular formula is C29H39N5O. The quantitative estimate of drug-likeness (QED) is 0.628. The molecule has 2 aromatic rings. The van der Waals surface area contributed by atoms with Crippen LogP contribution in [0.3, 0.4) is 0 Å². The minimum absolute atomic E-state index is 0.188. The van der Waals surface area contributed by atoms with Crippen LogP contribution in [-0.4, -0.2) is 58.9 Å². The molecule has 35 heavy (non-hydrogen) atoms. The Balaban J connectivity index is 1.03. The van der Waals surface area contributed by atoms with Crippen LogP contribution in [0, 0.1) is 29.6 Å². The molecule has 6 heteroatoms. The molecule has 7 rings (SSSR count). The predicted molar refractivity (Wildman–Crippen MR) is 138 cm³/mol. The molecule has 0 atom stereocenters. The van der Waals surface area contributed by atoms with E-state index in [1.807, 2.05) is 18.0 Å². The molecule has 4 aliphatic carbocycles. The average molecular weight is 474 g/mol. The molecule has 0 unspecified atom stereocenters. The topological polar surface area (TPSA) is 61.4 Å². The summed E-state index contributed by atoms with van der Waals surface area (Å²) in [5.74, 6) is 5.88. The first-order chi connectivity index (χ1) is 17.1. The summed E-state index contributed by atoms with van der Waals surface area (Å²) in [4.78, 5) is 26.3. The molecule has 6 nitrogen and oxygen atoms in total. The van der Waals surface area contributed by atoms with E-state index >= 15 is 0 Å². The lowest BCUT2D eigenvalue weighted by Gasteiger charge is -2.54. The summed E-state index contributed by atoms with van der Waals surface area (Å²) < 4.78 is 0. The number of carbonyl (C=O) groups excluding carboxylic acids is 1. The van der Waals surface area contributed by atoms with Crippen molar-refractivity contribution in [2.24, 2.45) is 29.6 Å². The van der Waals surface area contributed by atoms with Crippen molar-refractivity contribution < 1.29 is 4.79 Å². The van der Waals surface area contributed by atoms with Gasteiger partial charge in [0.1, 0.15) is 12.1 Å². The number of hydrogen-bond acceptors (Lipinski definition) is 5. The molecule has 5 aliphatic rings. The predicted octanol–water partition coefficient (Wildman–Crippen LogP) is 4.02. The fourth-order valence-electron chi connectivity index (χ4n) is 7.68. The number of carbonyl (C=O) groups is 1. The molecule has 1 N–H and O–H groups in total. The van der Waals surface area contributed by atoms with E-state index in [2.05, 4.69) is 44.5 Å². The largest absolute Gasteiger partial charge is 0.369 e. The highest BCUT2D eigenvalue weighted by molar-refractivity contribution is 5.78. The number of amides is 1. The average Bonchev–Trinajstić information content (AvgIpc) is 2.87. The molecule has 0 radical (unpaired) electrons. The summed E-state index contributed by atoms with van der Waals surface area (Å²) in [5, 5.41) is 3.75. The van der Waals surface area contributed by atoms with Gasteiger partial charge < -0.3 is 10.2 Å². The van der Waals surface area contributed by atoms with Gasteiger partial charge in [-0.05, 0) is 87.1 Å². The van der Waals surface area contributed by atoms with Crippen LogP contribution < -0.4 is 5.32 Å². The Morgan fingerprint density at radius 3 is 2.54 bits per heavy atom. The van der Waals surface area contributed by atoms with Crippen LogP contribution >= 0.6 is 0 Å². The lowest BCUT2D eigenvalue weighted by molar-refractivity contribution is -0.133. The maximum atomic E-state index is 13.0. The number of likely N-dealkylation sites (N-methyl/N-ethyl adjacent to an activating group) is 1. The summed E-state index contributed by atoms with van der Waals surface area (Å²) >= 11 is 0. The summed E-state index contributed by atoms with van der Waals surface area (Å²) in [5.41, 5.74) is 3.54. The van der Waals surface area contributed by atoms with Crippen LogP contribution in [0.25, 0.3) is 0 Å². The molecule has 1 aliphatic heterocycles. The molecule has 1 aromatic heterocycles. The molecule has 2 heterocycles. The first-order valence-corrected chi connectivity index (χ1v) is 13.7. The Hall–Kier alpha value is -2.47. The fraction of sp³-hybridized carbons (Fsp3) is 0.621. The van der Waals surface area contributed by atoms with Gasteiger partial charge >= 0.3 is 0 Å². The normalized spacial score (nSPS) is 28.9. The van der Waals surface area contributed by atoms with E-state index in [1.54, 1.807) is 6.33 Å². The van der Waals surface area contributed by atoms with E-state index in [1.165, 1.54) is 43.2 Å². The Kier molecular flexibility index (Phi) is 6.48. The van der Waals surface area contributed by atoms with Gasteiger partial charge in [-0.1, -0.05) is 30.3 Å². The number of nitrogens with zero attached hydrogens (tertiary/aromatic N) is 4. The van der Waals surface area contributed by atoms with Gasteiger partial charge in [-0.2, -0.15) is 0 Å². The molecule has 4 bridgehead atoms. The molecule has 0 spiro atoms. The highest BCUT2D eigenvalue weighted by Crippen LogP contribution is 2.56. The Labute approximate surface area is 209 Å². The van der Waals surface area contributed by atoms with Crippen molar-refractivity contribution >= 4 is 11.7 Å². The number of rotatable bonds is 8. The minimum atomic E-state index is 0.188. The zero-order valence-electron chi connectivity index (χ0n) is 21.0. The van der Waals surface area contributed by atoms with Crippen molar-refractivity contribution in [1.29, 1.82) is 0 Å².